The Morgan fingerprint density at radius 3 is 1.95 bits per heavy atom. The molecule has 0 aromatic heterocycles. The first-order valence-corrected chi connectivity index (χ1v) is 7.24. The molecule has 0 aliphatic heterocycles. The quantitative estimate of drug-likeness (QED) is 0.883. The van der Waals surface area contributed by atoms with Crippen molar-refractivity contribution in [3.05, 3.63) is 69.7 Å². The van der Waals surface area contributed by atoms with Crippen molar-refractivity contribution in [1.29, 1.82) is 0 Å². The van der Waals surface area contributed by atoms with E-state index in [0.717, 1.165) is 23.1 Å². The maximum Gasteiger partial charge on any atom is 0.251 e. The maximum atomic E-state index is 11.4. The van der Waals surface area contributed by atoms with Crippen molar-refractivity contribution in [3.8, 4) is 0 Å². The number of amides is 1. The third-order valence-electron chi connectivity index (χ3n) is 3.01. The van der Waals surface area contributed by atoms with E-state index < -0.39 is 0 Å². The summed E-state index contributed by atoms with van der Waals surface area (Å²) < 4.78 is 1.09. The van der Waals surface area contributed by atoms with Gasteiger partial charge in [-0.15, -0.1) is 0 Å². The van der Waals surface area contributed by atoms with E-state index in [1.807, 2.05) is 36.4 Å². The van der Waals surface area contributed by atoms with Gasteiger partial charge >= 0.3 is 0 Å². The van der Waals surface area contributed by atoms with Crippen LogP contribution in [-0.4, -0.2) is 13.0 Å². The highest BCUT2D eigenvalue weighted by Crippen LogP contribution is 2.10. The normalized spacial score (nSPS) is 10.3. The first-order chi connectivity index (χ1) is 9.69. The van der Waals surface area contributed by atoms with E-state index >= 15 is 0 Å². The Morgan fingerprint density at radius 1 is 0.950 bits per heavy atom. The van der Waals surface area contributed by atoms with E-state index in [9.17, 15) is 4.79 Å². The molecule has 104 valence electrons. The van der Waals surface area contributed by atoms with Crippen LogP contribution < -0.4 is 10.6 Å². The molecule has 3 nitrogen and oxygen atoms in total. The van der Waals surface area contributed by atoms with Crippen LogP contribution in [0.5, 0.6) is 0 Å². The molecule has 2 aromatic carbocycles. The molecule has 2 rings (SSSR count). The Labute approximate surface area is 127 Å². The van der Waals surface area contributed by atoms with Gasteiger partial charge in [0.05, 0.1) is 0 Å². The van der Waals surface area contributed by atoms with Crippen molar-refractivity contribution >= 4 is 21.8 Å². The van der Waals surface area contributed by atoms with Crippen molar-refractivity contribution in [3.63, 3.8) is 0 Å². The van der Waals surface area contributed by atoms with Crippen molar-refractivity contribution < 1.29 is 4.79 Å². The topological polar surface area (TPSA) is 41.1 Å². The van der Waals surface area contributed by atoms with Crippen molar-refractivity contribution in [2.24, 2.45) is 0 Å². The van der Waals surface area contributed by atoms with Crippen LogP contribution in [0.4, 0.5) is 0 Å². The molecule has 0 unspecified atom stereocenters. The number of benzene rings is 2. The molecule has 0 bridgehead atoms. The highest BCUT2D eigenvalue weighted by Gasteiger charge is 2.02. The average molecular weight is 333 g/mol. The molecular formula is C16H17BrN2O. The summed E-state index contributed by atoms with van der Waals surface area (Å²) in [5.41, 5.74) is 3.09. The second-order valence-corrected chi connectivity index (χ2v) is 5.42. The van der Waals surface area contributed by atoms with Crippen LogP contribution in [0.15, 0.2) is 53.0 Å². The molecule has 20 heavy (non-hydrogen) atoms. The largest absolute Gasteiger partial charge is 0.355 e. The molecule has 0 aliphatic rings. The molecule has 2 N–H and O–H groups in total. The zero-order valence-corrected chi connectivity index (χ0v) is 12.9. The lowest BCUT2D eigenvalue weighted by Crippen LogP contribution is -2.18. The fourth-order valence-electron chi connectivity index (χ4n) is 1.87. The summed E-state index contributed by atoms with van der Waals surface area (Å²) in [5.74, 6) is -0.0561. The van der Waals surface area contributed by atoms with Crippen LogP contribution in [0, 0.1) is 0 Å². The van der Waals surface area contributed by atoms with E-state index in [1.54, 1.807) is 7.05 Å². The van der Waals surface area contributed by atoms with Crippen LogP contribution in [0.1, 0.15) is 21.5 Å². The predicted octanol–water partition coefficient (Wildman–Crippen LogP) is 3.10. The lowest BCUT2D eigenvalue weighted by Gasteiger charge is -2.06. The second kappa shape index (κ2) is 7.22. The molecule has 0 atom stereocenters. The van der Waals surface area contributed by atoms with Gasteiger partial charge in [0, 0.05) is 30.2 Å². The highest BCUT2D eigenvalue weighted by molar-refractivity contribution is 9.10. The molecule has 0 radical (unpaired) electrons. The maximum absolute atomic E-state index is 11.4. The fourth-order valence-corrected chi connectivity index (χ4v) is 2.14. The van der Waals surface area contributed by atoms with Crippen LogP contribution in [0.2, 0.25) is 0 Å². The lowest BCUT2D eigenvalue weighted by molar-refractivity contribution is 0.0963. The van der Waals surface area contributed by atoms with Gasteiger partial charge in [0.15, 0.2) is 0 Å². The van der Waals surface area contributed by atoms with Crippen LogP contribution in [-0.2, 0) is 13.1 Å². The van der Waals surface area contributed by atoms with Gasteiger partial charge in [-0.2, -0.15) is 0 Å². The number of hydrogen-bond donors (Lipinski definition) is 2. The number of carbonyl (C=O) groups is 1. The molecule has 0 spiro atoms. The van der Waals surface area contributed by atoms with E-state index in [4.69, 9.17) is 0 Å². The third kappa shape index (κ3) is 4.18. The minimum Gasteiger partial charge on any atom is -0.355 e. The van der Waals surface area contributed by atoms with Gasteiger partial charge in [-0.3, -0.25) is 4.79 Å². The zero-order valence-electron chi connectivity index (χ0n) is 11.3. The van der Waals surface area contributed by atoms with Gasteiger partial charge in [0.2, 0.25) is 0 Å². The SMILES string of the molecule is CNC(=O)c1ccc(CNCc2ccc(Br)cc2)cc1. The molecule has 0 fully saturated rings. The standard InChI is InChI=1S/C16H17BrN2O/c1-18-16(20)14-6-2-12(3-7-14)10-19-11-13-4-8-15(17)9-5-13/h2-9,19H,10-11H2,1H3,(H,18,20). The Balaban J connectivity index is 1.85. The van der Waals surface area contributed by atoms with Crippen LogP contribution in [0.3, 0.4) is 0 Å². The fraction of sp³-hybridized carbons (Fsp3) is 0.188. The lowest BCUT2D eigenvalue weighted by atomic mass is 10.1. The summed E-state index contributed by atoms with van der Waals surface area (Å²) in [5, 5.41) is 6.00. The van der Waals surface area contributed by atoms with Crippen molar-refractivity contribution in [1.82, 2.24) is 10.6 Å². The molecule has 0 saturated heterocycles. The molecule has 0 saturated carbocycles. The zero-order chi connectivity index (χ0) is 14.4. The van der Waals surface area contributed by atoms with E-state index in [2.05, 4.69) is 38.7 Å². The van der Waals surface area contributed by atoms with Crippen molar-refractivity contribution in [2.75, 3.05) is 7.05 Å². The molecule has 0 aliphatic carbocycles. The molecule has 1 amide bonds. The molecular weight excluding hydrogens is 316 g/mol. The molecule has 0 heterocycles. The summed E-state index contributed by atoms with van der Waals surface area (Å²) in [7, 11) is 1.63. The second-order valence-electron chi connectivity index (χ2n) is 4.51. The summed E-state index contributed by atoms with van der Waals surface area (Å²) in [6.45, 7) is 1.61. The van der Waals surface area contributed by atoms with Gasteiger partial charge in [0.25, 0.3) is 5.91 Å². The van der Waals surface area contributed by atoms with Gasteiger partial charge in [-0.25, -0.2) is 0 Å². The van der Waals surface area contributed by atoms with Gasteiger partial charge in [-0.05, 0) is 35.4 Å². The van der Waals surface area contributed by atoms with Gasteiger partial charge in [0.1, 0.15) is 0 Å². The number of rotatable bonds is 5. The summed E-state index contributed by atoms with van der Waals surface area (Å²) in [4.78, 5) is 11.4. The summed E-state index contributed by atoms with van der Waals surface area (Å²) in [6.07, 6.45) is 0. The molecule has 4 heteroatoms. The van der Waals surface area contributed by atoms with E-state index in [1.165, 1.54) is 5.56 Å². The first kappa shape index (κ1) is 14.8. The summed E-state index contributed by atoms with van der Waals surface area (Å²) in [6, 6.07) is 15.9. The molecule has 2 aromatic rings. The van der Waals surface area contributed by atoms with Crippen LogP contribution >= 0.6 is 15.9 Å². The highest BCUT2D eigenvalue weighted by atomic mass is 79.9. The Morgan fingerprint density at radius 2 is 1.45 bits per heavy atom. The van der Waals surface area contributed by atoms with E-state index in [-0.39, 0.29) is 5.91 Å². The predicted molar refractivity (Wildman–Crippen MR) is 84.5 cm³/mol. The Kier molecular flexibility index (Phi) is 5.32. The average Bonchev–Trinajstić information content (AvgIpc) is 2.49. The van der Waals surface area contributed by atoms with Gasteiger partial charge < -0.3 is 10.6 Å². The number of nitrogens with one attached hydrogen (secondary N) is 2. The number of hydrogen-bond acceptors (Lipinski definition) is 2. The first-order valence-electron chi connectivity index (χ1n) is 6.45. The monoisotopic (exact) mass is 332 g/mol. The summed E-state index contributed by atoms with van der Waals surface area (Å²) >= 11 is 3.42. The smallest absolute Gasteiger partial charge is 0.251 e. The minimum absolute atomic E-state index is 0.0561. The van der Waals surface area contributed by atoms with Gasteiger partial charge in [-0.1, -0.05) is 40.2 Å². The van der Waals surface area contributed by atoms with Crippen LogP contribution in [0.25, 0.3) is 0 Å². The van der Waals surface area contributed by atoms with E-state index in [0.29, 0.717) is 5.56 Å². The van der Waals surface area contributed by atoms with Crippen molar-refractivity contribution in [2.45, 2.75) is 13.1 Å². The number of halogens is 1. The number of carbonyl (C=O) groups excluding carboxylic acids is 1. The minimum atomic E-state index is -0.0561. The Hall–Kier alpha value is -1.65. The Bertz CT molecular complexity index is 564. The third-order valence-corrected chi connectivity index (χ3v) is 3.54.